The lowest BCUT2D eigenvalue weighted by Gasteiger charge is -2.30. The van der Waals surface area contributed by atoms with Gasteiger partial charge in [0.25, 0.3) is 5.91 Å². The zero-order valence-corrected chi connectivity index (χ0v) is 26.2. The highest BCUT2D eigenvalue weighted by molar-refractivity contribution is 7.80. The Morgan fingerprint density at radius 2 is 1.86 bits per heavy atom. The Morgan fingerprint density at radius 3 is 2.66 bits per heavy atom. The average molecular weight is 651 g/mol. The van der Waals surface area contributed by atoms with E-state index in [4.69, 9.17) is 44.9 Å². The van der Waals surface area contributed by atoms with Gasteiger partial charge in [-0.1, -0.05) is 65.7 Å². The van der Waals surface area contributed by atoms with Crippen LogP contribution in [-0.2, 0) is 20.9 Å². The Hall–Kier alpha value is -4.38. The van der Waals surface area contributed by atoms with Crippen LogP contribution in [0.2, 0.25) is 10.0 Å². The molecule has 3 N–H and O–H groups in total. The molecule has 0 saturated heterocycles. The van der Waals surface area contributed by atoms with Crippen molar-refractivity contribution in [1.29, 1.82) is 0 Å². The molecule has 0 unspecified atom stereocenters. The summed E-state index contributed by atoms with van der Waals surface area (Å²) in [5.74, 6) is -0.520. The summed E-state index contributed by atoms with van der Waals surface area (Å²) in [5.41, 5.74) is 6.95. The number of rotatable bonds is 10. The van der Waals surface area contributed by atoms with Crippen LogP contribution < -0.4 is 20.8 Å². The van der Waals surface area contributed by atoms with Gasteiger partial charge in [0, 0.05) is 40.5 Å². The minimum atomic E-state index is -0.624. The van der Waals surface area contributed by atoms with Crippen molar-refractivity contribution in [2.75, 3.05) is 13.2 Å². The first-order valence-electron chi connectivity index (χ1n) is 13.8. The molecule has 0 spiro atoms. The summed E-state index contributed by atoms with van der Waals surface area (Å²) in [6.07, 6.45) is 3.56. The number of amides is 1. The van der Waals surface area contributed by atoms with Gasteiger partial charge in [-0.15, -0.1) is 0 Å². The molecule has 1 aromatic heterocycles. The molecule has 5 rings (SSSR count). The number of para-hydroxylation sites is 2. The minimum Gasteiger partial charge on any atom is -0.483 e. The van der Waals surface area contributed by atoms with Gasteiger partial charge in [0.2, 0.25) is 0 Å². The van der Waals surface area contributed by atoms with Crippen LogP contribution in [0.1, 0.15) is 36.6 Å². The molecule has 3 aromatic carbocycles. The van der Waals surface area contributed by atoms with Crippen molar-refractivity contribution in [2.45, 2.75) is 26.4 Å². The molecule has 1 amide bonds. The average Bonchev–Trinajstić information content (AvgIpc) is 3.34. The molecule has 0 fully saturated rings. The third-order valence-corrected chi connectivity index (χ3v) is 7.86. The largest absolute Gasteiger partial charge is 0.483 e. The number of nitrogens with zero attached hydrogens (tertiary/aromatic N) is 2. The van der Waals surface area contributed by atoms with Crippen LogP contribution >= 0.6 is 35.4 Å². The molecule has 9 nitrogen and oxygen atoms in total. The predicted octanol–water partition coefficient (Wildman–Crippen LogP) is 5.88. The highest BCUT2D eigenvalue weighted by atomic mass is 35.5. The normalized spacial score (nSPS) is 14.8. The maximum absolute atomic E-state index is 12.8. The number of fused-ring (bicyclic) bond motifs is 1. The van der Waals surface area contributed by atoms with E-state index in [0.29, 0.717) is 44.3 Å². The van der Waals surface area contributed by atoms with E-state index in [2.05, 4.69) is 25.7 Å². The fourth-order valence-corrected chi connectivity index (χ4v) is 5.54. The molecule has 0 bridgehead atoms. The van der Waals surface area contributed by atoms with Crippen molar-refractivity contribution in [3.8, 4) is 5.75 Å². The minimum absolute atomic E-state index is 0.226. The highest BCUT2D eigenvalue weighted by Crippen LogP contribution is 2.33. The van der Waals surface area contributed by atoms with E-state index in [1.165, 1.54) is 0 Å². The molecule has 12 heteroatoms. The fraction of sp³-hybridized carbons (Fsp3) is 0.188. The Balaban J connectivity index is 1.27. The Morgan fingerprint density at radius 1 is 1.09 bits per heavy atom. The second kappa shape index (κ2) is 13.9. The summed E-state index contributed by atoms with van der Waals surface area (Å²) in [5, 5.41) is 12.6. The van der Waals surface area contributed by atoms with Crippen LogP contribution in [0.25, 0.3) is 10.9 Å². The maximum atomic E-state index is 12.8. The van der Waals surface area contributed by atoms with E-state index in [0.717, 1.165) is 22.0 Å². The fourth-order valence-electron chi connectivity index (χ4n) is 4.95. The molecular weight excluding hydrogens is 621 g/mol. The van der Waals surface area contributed by atoms with E-state index in [-0.39, 0.29) is 13.2 Å². The Kier molecular flexibility index (Phi) is 9.84. The molecule has 0 aliphatic carbocycles. The Labute approximate surface area is 269 Å². The van der Waals surface area contributed by atoms with E-state index in [1.807, 2.05) is 48.7 Å². The topological polar surface area (TPSA) is 106 Å². The van der Waals surface area contributed by atoms with Crippen molar-refractivity contribution in [1.82, 2.24) is 20.6 Å². The van der Waals surface area contributed by atoms with Gasteiger partial charge in [0.1, 0.15) is 5.75 Å². The van der Waals surface area contributed by atoms with Gasteiger partial charge in [0.05, 0.1) is 34.5 Å². The molecule has 4 aromatic rings. The number of nitrogens with one attached hydrogen (secondary N) is 3. The Bertz CT molecular complexity index is 1800. The standard InChI is InChI=1S/C32H29Cl2N5O4S/c1-3-42-31(41)29-19(2)36-32(44)37-30(29)23-9-5-7-11-27(23)43-18-28(40)38-35-15-21-17-39(26-10-6-4-8-22(21)26)16-20-12-13-24(33)25(34)14-20/h4-15,17,30H,3,16,18H2,1-2H3,(H,38,40)(H2,36,37,44)/t30-/m1/s1. The highest BCUT2D eigenvalue weighted by Gasteiger charge is 2.32. The molecule has 0 saturated carbocycles. The van der Waals surface area contributed by atoms with Crippen LogP contribution in [0.5, 0.6) is 5.75 Å². The monoisotopic (exact) mass is 649 g/mol. The first kappa shape index (κ1) is 31.1. The first-order valence-corrected chi connectivity index (χ1v) is 14.9. The van der Waals surface area contributed by atoms with Crippen molar-refractivity contribution >= 4 is 69.5 Å². The first-order chi connectivity index (χ1) is 21.2. The molecule has 44 heavy (non-hydrogen) atoms. The van der Waals surface area contributed by atoms with Gasteiger partial charge in [-0.05, 0) is 55.9 Å². The third-order valence-electron chi connectivity index (χ3n) is 6.90. The van der Waals surface area contributed by atoms with E-state index < -0.39 is 17.9 Å². The van der Waals surface area contributed by atoms with Crippen molar-refractivity contribution in [3.05, 3.63) is 111 Å². The lowest BCUT2D eigenvalue weighted by Crippen LogP contribution is -2.45. The number of benzene rings is 3. The second-order valence-electron chi connectivity index (χ2n) is 9.89. The van der Waals surface area contributed by atoms with Gasteiger partial charge in [-0.3, -0.25) is 4.79 Å². The SMILES string of the molecule is CCOC(=O)C1=C(C)NC(=S)N[C@@H]1c1ccccc1OCC(=O)NN=Cc1cn(Cc2ccc(Cl)c(Cl)c2)c2ccccc12. The zero-order chi connectivity index (χ0) is 31.2. The smallest absolute Gasteiger partial charge is 0.338 e. The van der Waals surface area contributed by atoms with Gasteiger partial charge < -0.3 is 24.7 Å². The van der Waals surface area contributed by atoms with Crippen LogP contribution in [-0.4, -0.2) is 41.0 Å². The molecular formula is C32H29Cl2N5O4S. The third kappa shape index (κ3) is 7.05. The molecule has 1 aliphatic heterocycles. The van der Waals surface area contributed by atoms with Gasteiger partial charge in [0.15, 0.2) is 11.7 Å². The molecule has 1 aliphatic rings. The van der Waals surface area contributed by atoms with E-state index >= 15 is 0 Å². The number of esters is 1. The van der Waals surface area contributed by atoms with Crippen LogP contribution in [0.4, 0.5) is 0 Å². The number of ether oxygens (including phenoxy) is 2. The van der Waals surface area contributed by atoms with Crippen LogP contribution in [0, 0.1) is 0 Å². The summed E-state index contributed by atoms with van der Waals surface area (Å²) in [6.45, 7) is 3.99. The number of hydrazone groups is 1. The van der Waals surface area contributed by atoms with Crippen molar-refractivity contribution < 1.29 is 19.1 Å². The number of aromatic nitrogens is 1. The van der Waals surface area contributed by atoms with Crippen LogP contribution in [0.15, 0.2) is 89.3 Å². The summed E-state index contributed by atoms with van der Waals surface area (Å²) in [4.78, 5) is 25.5. The quantitative estimate of drug-likeness (QED) is 0.0852. The number of thiocarbonyl (C=S) groups is 1. The molecule has 226 valence electrons. The van der Waals surface area contributed by atoms with E-state index in [9.17, 15) is 9.59 Å². The van der Waals surface area contributed by atoms with E-state index in [1.54, 1.807) is 44.3 Å². The molecule has 1 atom stereocenters. The summed E-state index contributed by atoms with van der Waals surface area (Å²) < 4.78 is 13.2. The summed E-state index contributed by atoms with van der Waals surface area (Å²) >= 11 is 17.6. The lowest BCUT2D eigenvalue weighted by atomic mass is 9.95. The van der Waals surface area contributed by atoms with Gasteiger partial charge in [-0.25, -0.2) is 10.2 Å². The van der Waals surface area contributed by atoms with Crippen molar-refractivity contribution in [2.24, 2.45) is 5.10 Å². The summed E-state index contributed by atoms with van der Waals surface area (Å²) in [6, 6.07) is 20.0. The predicted molar refractivity (Wildman–Crippen MR) is 176 cm³/mol. The van der Waals surface area contributed by atoms with Gasteiger partial charge in [-0.2, -0.15) is 5.10 Å². The number of carbonyl (C=O) groups excluding carboxylic acids is 2. The molecule has 2 heterocycles. The number of allylic oxidation sites excluding steroid dienone is 1. The van der Waals surface area contributed by atoms with Crippen molar-refractivity contribution in [3.63, 3.8) is 0 Å². The lowest BCUT2D eigenvalue weighted by molar-refractivity contribution is -0.139. The number of hydrogen-bond acceptors (Lipinski definition) is 6. The molecule has 0 radical (unpaired) electrons. The summed E-state index contributed by atoms with van der Waals surface area (Å²) in [7, 11) is 0. The number of halogens is 2. The van der Waals surface area contributed by atoms with Crippen LogP contribution in [0.3, 0.4) is 0 Å². The van der Waals surface area contributed by atoms with Gasteiger partial charge >= 0.3 is 5.97 Å². The number of hydrogen-bond donors (Lipinski definition) is 3. The maximum Gasteiger partial charge on any atom is 0.338 e. The number of carbonyl (C=O) groups is 2. The zero-order valence-electron chi connectivity index (χ0n) is 23.9. The second-order valence-corrected chi connectivity index (χ2v) is 11.1.